The van der Waals surface area contributed by atoms with Gasteiger partial charge in [0, 0.05) is 6.42 Å². The first kappa shape index (κ1) is 15.7. The summed E-state index contributed by atoms with van der Waals surface area (Å²) in [6, 6.07) is 0. The van der Waals surface area contributed by atoms with Gasteiger partial charge in [0.2, 0.25) is 0 Å². The van der Waals surface area contributed by atoms with Crippen molar-refractivity contribution in [2.45, 2.75) is 62.7 Å². The van der Waals surface area contributed by atoms with E-state index in [9.17, 15) is 20.4 Å². The monoisotopic (exact) mass is 264 g/mol. The fourth-order valence-corrected chi connectivity index (χ4v) is 1.89. The molecule has 8 nitrogen and oxygen atoms in total. The van der Waals surface area contributed by atoms with Gasteiger partial charge in [-0.1, -0.05) is 6.92 Å². The Labute approximate surface area is 106 Å². The number of aliphatic hydroxyl groups excluding tert-OH is 4. The van der Waals surface area contributed by atoms with E-state index in [-0.39, 0.29) is 6.42 Å². The van der Waals surface area contributed by atoms with Crippen LogP contribution in [0.2, 0.25) is 0 Å². The van der Waals surface area contributed by atoms with Crippen molar-refractivity contribution in [3.05, 3.63) is 0 Å². The van der Waals surface area contributed by atoms with E-state index < -0.39 is 42.9 Å². The Morgan fingerprint density at radius 2 is 1.56 bits per heavy atom. The third-order valence-corrected chi connectivity index (χ3v) is 3.21. The summed E-state index contributed by atoms with van der Waals surface area (Å²) in [5, 5.41) is 44.4. The molecule has 0 aromatic carbocycles. The lowest BCUT2D eigenvalue weighted by molar-refractivity contribution is -0.0451. The van der Waals surface area contributed by atoms with Crippen molar-refractivity contribution in [2.75, 3.05) is 0 Å². The second kappa shape index (κ2) is 6.73. The van der Waals surface area contributed by atoms with Crippen LogP contribution in [0.3, 0.4) is 0 Å². The molecule has 0 amide bonds. The summed E-state index contributed by atoms with van der Waals surface area (Å²) in [5.41, 5.74) is 11.4. The summed E-state index contributed by atoms with van der Waals surface area (Å²) in [6.07, 6.45) is -6.16. The SMILES string of the molecule is CC[C@H](O)[C@@H](O)C1NC(N)C(O)CC(O)C(N)N1. The predicted molar refractivity (Wildman–Crippen MR) is 64.9 cm³/mol. The quantitative estimate of drug-likeness (QED) is 0.259. The van der Waals surface area contributed by atoms with Gasteiger partial charge in [-0.25, -0.2) is 0 Å². The van der Waals surface area contributed by atoms with Crippen molar-refractivity contribution < 1.29 is 20.4 Å². The van der Waals surface area contributed by atoms with Crippen LogP contribution in [0.4, 0.5) is 0 Å². The molecule has 1 saturated heterocycles. The molecule has 0 radical (unpaired) electrons. The molecular weight excluding hydrogens is 240 g/mol. The molecule has 1 heterocycles. The molecule has 0 aromatic rings. The zero-order valence-electron chi connectivity index (χ0n) is 10.4. The topological polar surface area (TPSA) is 157 Å². The first-order chi connectivity index (χ1) is 8.36. The van der Waals surface area contributed by atoms with Gasteiger partial charge < -0.3 is 31.9 Å². The summed E-state index contributed by atoms with van der Waals surface area (Å²) in [4.78, 5) is 0. The molecule has 0 saturated carbocycles. The van der Waals surface area contributed by atoms with E-state index in [0.29, 0.717) is 6.42 Å². The van der Waals surface area contributed by atoms with Crippen LogP contribution >= 0.6 is 0 Å². The Bertz CT molecular complexity index is 242. The first-order valence-corrected chi connectivity index (χ1v) is 6.12. The lowest BCUT2D eigenvalue weighted by Gasteiger charge is -2.38. The Morgan fingerprint density at radius 3 is 1.94 bits per heavy atom. The second-order valence-corrected chi connectivity index (χ2v) is 4.70. The minimum absolute atomic E-state index is 0.0292. The summed E-state index contributed by atoms with van der Waals surface area (Å²) >= 11 is 0. The lowest BCUT2D eigenvalue weighted by atomic mass is 10.0. The maximum Gasteiger partial charge on any atom is 0.108 e. The largest absolute Gasteiger partial charge is 0.390 e. The van der Waals surface area contributed by atoms with Crippen LogP contribution in [0.5, 0.6) is 0 Å². The van der Waals surface area contributed by atoms with Gasteiger partial charge in [0.25, 0.3) is 0 Å². The Hall–Kier alpha value is -0.320. The average molecular weight is 264 g/mol. The maximum absolute atomic E-state index is 9.92. The van der Waals surface area contributed by atoms with Crippen LogP contribution in [0.1, 0.15) is 19.8 Å². The minimum atomic E-state index is -1.15. The zero-order valence-corrected chi connectivity index (χ0v) is 10.4. The number of rotatable bonds is 3. The summed E-state index contributed by atoms with van der Waals surface area (Å²) < 4.78 is 0. The standard InChI is InChI=1S/C10H24N4O4/c1-2-4(15)7(18)10-13-8(11)5(16)3-6(17)9(12)14-10/h4-10,13-18H,2-3,11-12H2,1H3/t4-,5?,6?,7+,8?,9?,10?/m0/s1. The van der Waals surface area contributed by atoms with Crippen LogP contribution in [-0.4, -0.2) is 63.3 Å². The summed E-state index contributed by atoms with van der Waals surface area (Å²) in [5.74, 6) is 0. The van der Waals surface area contributed by atoms with Gasteiger partial charge in [-0.3, -0.25) is 10.6 Å². The molecule has 0 aromatic heterocycles. The molecule has 6 atom stereocenters. The smallest absolute Gasteiger partial charge is 0.108 e. The van der Waals surface area contributed by atoms with Gasteiger partial charge in [0.1, 0.15) is 6.10 Å². The molecule has 0 spiro atoms. The van der Waals surface area contributed by atoms with Gasteiger partial charge in [0.15, 0.2) is 0 Å². The van der Waals surface area contributed by atoms with Crippen molar-refractivity contribution in [3.63, 3.8) is 0 Å². The highest BCUT2D eigenvalue weighted by atomic mass is 16.3. The van der Waals surface area contributed by atoms with Gasteiger partial charge in [-0.15, -0.1) is 0 Å². The molecular formula is C10H24N4O4. The van der Waals surface area contributed by atoms with Crippen LogP contribution in [0.25, 0.3) is 0 Å². The average Bonchev–Trinajstić information content (AvgIpc) is 2.34. The van der Waals surface area contributed by atoms with Crippen LogP contribution in [0, 0.1) is 0 Å². The van der Waals surface area contributed by atoms with E-state index in [0.717, 1.165) is 0 Å². The molecule has 0 aliphatic carbocycles. The molecule has 108 valence electrons. The van der Waals surface area contributed by atoms with E-state index in [1.165, 1.54) is 0 Å². The van der Waals surface area contributed by atoms with Crippen LogP contribution < -0.4 is 22.1 Å². The number of aliphatic hydroxyl groups is 4. The second-order valence-electron chi connectivity index (χ2n) is 4.70. The van der Waals surface area contributed by atoms with E-state index in [4.69, 9.17) is 11.5 Å². The number of nitrogens with one attached hydrogen (secondary N) is 2. The zero-order chi connectivity index (χ0) is 13.9. The van der Waals surface area contributed by atoms with Crippen molar-refractivity contribution >= 4 is 0 Å². The molecule has 1 fully saturated rings. The highest BCUT2D eigenvalue weighted by molar-refractivity contribution is 4.90. The molecule has 1 rings (SSSR count). The van der Waals surface area contributed by atoms with E-state index >= 15 is 0 Å². The fourth-order valence-electron chi connectivity index (χ4n) is 1.89. The van der Waals surface area contributed by atoms with Gasteiger partial charge in [-0.2, -0.15) is 0 Å². The van der Waals surface area contributed by atoms with Crippen molar-refractivity contribution in [3.8, 4) is 0 Å². The molecule has 8 heteroatoms. The molecule has 10 N–H and O–H groups in total. The predicted octanol–water partition coefficient (Wildman–Crippen LogP) is -3.68. The van der Waals surface area contributed by atoms with Crippen LogP contribution in [-0.2, 0) is 0 Å². The van der Waals surface area contributed by atoms with Crippen molar-refractivity contribution in [2.24, 2.45) is 11.5 Å². The molecule has 4 unspecified atom stereocenters. The maximum atomic E-state index is 9.92. The van der Waals surface area contributed by atoms with Gasteiger partial charge >= 0.3 is 0 Å². The summed E-state index contributed by atoms with van der Waals surface area (Å²) in [6.45, 7) is 1.72. The van der Waals surface area contributed by atoms with E-state index in [1.54, 1.807) is 6.92 Å². The molecule has 18 heavy (non-hydrogen) atoms. The molecule has 1 aliphatic heterocycles. The third kappa shape index (κ3) is 3.84. The molecule has 1 aliphatic rings. The van der Waals surface area contributed by atoms with Gasteiger partial charge in [-0.05, 0) is 6.42 Å². The molecule has 0 bridgehead atoms. The Kier molecular flexibility index (Phi) is 5.89. The summed E-state index contributed by atoms with van der Waals surface area (Å²) in [7, 11) is 0. The van der Waals surface area contributed by atoms with E-state index in [1.807, 2.05) is 0 Å². The minimum Gasteiger partial charge on any atom is -0.390 e. The van der Waals surface area contributed by atoms with Crippen LogP contribution in [0.15, 0.2) is 0 Å². The highest BCUT2D eigenvalue weighted by Gasteiger charge is 2.34. The number of hydrogen-bond donors (Lipinski definition) is 8. The first-order valence-electron chi connectivity index (χ1n) is 6.12. The lowest BCUT2D eigenvalue weighted by Crippen LogP contribution is -2.69. The Balaban J connectivity index is 2.76. The van der Waals surface area contributed by atoms with Crippen molar-refractivity contribution in [1.82, 2.24) is 10.6 Å². The Morgan fingerprint density at radius 1 is 1.11 bits per heavy atom. The third-order valence-electron chi connectivity index (χ3n) is 3.21. The highest BCUT2D eigenvalue weighted by Crippen LogP contribution is 2.10. The normalized spacial score (nSPS) is 41.8. The van der Waals surface area contributed by atoms with Gasteiger partial charge in [0.05, 0.1) is 36.8 Å². The number of hydrogen-bond acceptors (Lipinski definition) is 8. The number of nitrogens with two attached hydrogens (primary N) is 2. The van der Waals surface area contributed by atoms with E-state index in [2.05, 4.69) is 10.6 Å². The van der Waals surface area contributed by atoms with Crippen molar-refractivity contribution in [1.29, 1.82) is 0 Å². The fraction of sp³-hybridized carbons (Fsp3) is 1.00.